The highest BCUT2D eigenvalue weighted by Crippen LogP contribution is 2.39. The van der Waals surface area contributed by atoms with E-state index in [1.165, 1.54) is 0 Å². The van der Waals surface area contributed by atoms with Gasteiger partial charge in [-0.2, -0.15) is 0 Å². The van der Waals surface area contributed by atoms with E-state index >= 15 is 0 Å². The van der Waals surface area contributed by atoms with Gasteiger partial charge >= 0.3 is 5.97 Å². The molecular weight excluding hydrogens is 278 g/mol. The minimum absolute atomic E-state index is 0.0373. The number of carbonyl (C=O) groups excluding carboxylic acids is 1. The van der Waals surface area contributed by atoms with Gasteiger partial charge in [0.1, 0.15) is 0 Å². The third kappa shape index (κ3) is 2.19. The maximum Gasteiger partial charge on any atom is 0.331 e. The molecule has 0 bridgehead atoms. The number of benzene rings is 1. The van der Waals surface area contributed by atoms with Crippen molar-refractivity contribution in [3.05, 3.63) is 29.8 Å². The molecule has 0 saturated carbocycles. The number of ether oxygens (including phenoxy) is 1. The van der Waals surface area contributed by atoms with E-state index in [0.29, 0.717) is 18.8 Å². The minimum Gasteiger partial charge on any atom is -0.479 e. The molecule has 0 spiro atoms. The molecule has 5 nitrogen and oxygen atoms in total. The van der Waals surface area contributed by atoms with Crippen molar-refractivity contribution < 1.29 is 19.4 Å². The summed E-state index contributed by atoms with van der Waals surface area (Å²) in [4.78, 5) is 24.9. The molecule has 6 heteroatoms. The molecule has 2 heterocycles. The monoisotopic (exact) mass is 293 g/mol. The van der Waals surface area contributed by atoms with E-state index in [1.807, 2.05) is 24.3 Å². The Kier molecular flexibility index (Phi) is 3.43. The van der Waals surface area contributed by atoms with Crippen LogP contribution in [-0.2, 0) is 14.3 Å². The van der Waals surface area contributed by atoms with Crippen molar-refractivity contribution in [1.29, 1.82) is 0 Å². The van der Waals surface area contributed by atoms with Crippen LogP contribution in [0.25, 0.3) is 0 Å². The van der Waals surface area contributed by atoms with Crippen LogP contribution in [0.3, 0.4) is 0 Å². The molecule has 2 atom stereocenters. The number of carbonyl (C=O) groups is 2. The van der Waals surface area contributed by atoms with Crippen LogP contribution in [0.1, 0.15) is 17.9 Å². The van der Waals surface area contributed by atoms with Gasteiger partial charge in [0.2, 0.25) is 5.91 Å². The largest absolute Gasteiger partial charge is 0.479 e. The standard InChI is InChI=1S/C14H15NO4S/c16-12(15-14(13(17)18)5-6-19-8-14)10-7-20-11-4-2-1-3-9(10)11/h1-4,10H,5-8H2,(H,15,16)(H,17,18). The first-order valence-electron chi connectivity index (χ1n) is 6.47. The third-order valence-electron chi connectivity index (χ3n) is 3.81. The molecule has 1 saturated heterocycles. The molecule has 1 amide bonds. The maximum atomic E-state index is 12.4. The Bertz CT molecular complexity index is 554. The van der Waals surface area contributed by atoms with Crippen molar-refractivity contribution in [2.75, 3.05) is 19.0 Å². The van der Waals surface area contributed by atoms with Crippen LogP contribution in [0.2, 0.25) is 0 Å². The number of rotatable bonds is 3. The van der Waals surface area contributed by atoms with Gasteiger partial charge in [-0.25, -0.2) is 4.79 Å². The molecular formula is C14H15NO4S. The van der Waals surface area contributed by atoms with E-state index in [4.69, 9.17) is 4.74 Å². The van der Waals surface area contributed by atoms with Crippen molar-refractivity contribution in [3.8, 4) is 0 Å². The highest BCUT2D eigenvalue weighted by atomic mass is 32.2. The second kappa shape index (κ2) is 5.10. The van der Waals surface area contributed by atoms with E-state index in [1.54, 1.807) is 11.8 Å². The lowest BCUT2D eigenvalue weighted by Gasteiger charge is -2.25. The van der Waals surface area contributed by atoms with Crippen molar-refractivity contribution in [2.45, 2.75) is 22.8 Å². The van der Waals surface area contributed by atoms with Gasteiger partial charge in [0.15, 0.2) is 5.54 Å². The number of thioether (sulfide) groups is 1. The summed E-state index contributed by atoms with van der Waals surface area (Å²) in [5, 5.41) is 12.0. The maximum absolute atomic E-state index is 12.4. The summed E-state index contributed by atoms with van der Waals surface area (Å²) in [6.07, 6.45) is 0.315. The first kappa shape index (κ1) is 13.5. The number of carboxylic acids is 1. The molecule has 2 aliphatic rings. The van der Waals surface area contributed by atoms with Gasteiger partial charge in [-0.3, -0.25) is 4.79 Å². The Morgan fingerprint density at radius 3 is 2.90 bits per heavy atom. The number of aliphatic carboxylic acids is 1. The zero-order valence-corrected chi connectivity index (χ0v) is 11.6. The van der Waals surface area contributed by atoms with E-state index in [2.05, 4.69) is 5.32 Å². The number of carboxylic acid groups (broad SMARTS) is 1. The molecule has 106 valence electrons. The molecule has 3 rings (SSSR count). The van der Waals surface area contributed by atoms with Crippen LogP contribution < -0.4 is 5.32 Å². The average Bonchev–Trinajstić information content (AvgIpc) is 3.05. The number of hydrogen-bond acceptors (Lipinski definition) is 4. The summed E-state index contributed by atoms with van der Waals surface area (Å²) in [6, 6.07) is 7.75. The minimum atomic E-state index is -1.26. The number of fused-ring (bicyclic) bond motifs is 1. The van der Waals surface area contributed by atoms with Gasteiger partial charge in [-0.15, -0.1) is 11.8 Å². The van der Waals surface area contributed by atoms with Crippen molar-refractivity contribution in [1.82, 2.24) is 5.32 Å². The molecule has 0 aliphatic carbocycles. The van der Waals surface area contributed by atoms with Crippen LogP contribution in [0.15, 0.2) is 29.2 Å². The number of hydrogen-bond donors (Lipinski definition) is 2. The SMILES string of the molecule is O=C(NC1(C(=O)O)CCOC1)C1CSc2ccccc21. The Hall–Kier alpha value is -1.53. The Balaban J connectivity index is 1.79. The summed E-state index contributed by atoms with van der Waals surface area (Å²) in [5.41, 5.74) is -0.284. The average molecular weight is 293 g/mol. The lowest BCUT2D eigenvalue weighted by atomic mass is 9.95. The van der Waals surface area contributed by atoms with E-state index in [0.717, 1.165) is 10.5 Å². The highest BCUT2D eigenvalue weighted by Gasteiger charge is 2.45. The van der Waals surface area contributed by atoms with Gasteiger partial charge in [0.05, 0.1) is 12.5 Å². The van der Waals surface area contributed by atoms with Crippen molar-refractivity contribution in [2.24, 2.45) is 0 Å². The number of nitrogens with one attached hydrogen (secondary N) is 1. The summed E-state index contributed by atoms with van der Waals surface area (Å²) in [6.45, 7) is 0.401. The first-order chi connectivity index (χ1) is 9.62. The zero-order valence-electron chi connectivity index (χ0n) is 10.8. The molecule has 1 aromatic carbocycles. The van der Waals surface area contributed by atoms with E-state index in [-0.39, 0.29) is 18.4 Å². The van der Waals surface area contributed by atoms with Gasteiger partial charge < -0.3 is 15.2 Å². The fourth-order valence-corrected chi connectivity index (χ4v) is 3.82. The van der Waals surface area contributed by atoms with Crippen LogP contribution in [-0.4, -0.2) is 41.5 Å². The molecule has 1 fully saturated rings. The molecule has 0 radical (unpaired) electrons. The fraction of sp³-hybridized carbons (Fsp3) is 0.429. The molecule has 20 heavy (non-hydrogen) atoms. The summed E-state index contributed by atoms with van der Waals surface area (Å²) in [5.74, 6) is -0.882. The van der Waals surface area contributed by atoms with Gasteiger partial charge in [0.25, 0.3) is 0 Å². The van der Waals surface area contributed by atoms with Crippen LogP contribution in [0, 0.1) is 0 Å². The summed E-state index contributed by atoms with van der Waals surface area (Å²) >= 11 is 1.63. The summed E-state index contributed by atoms with van der Waals surface area (Å²) < 4.78 is 5.15. The summed E-state index contributed by atoms with van der Waals surface area (Å²) in [7, 11) is 0. The third-order valence-corrected chi connectivity index (χ3v) is 4.99. The lowest BCUT2D eigenvalue weighted by Crippen LogP contribution is -2.56. The predicted octanol–water partition coefficient (Wildman–Crippen LogP) is 1.24. The fourth-order valence-electron chi connectivity index (χ4n) is 2.59. The normalized spacial score (nSPS) is 28.1. The lowest BCUT2D eigenvalue weighted by molar-refractivity contribution is -0.147. The Labute approximate surface area is 120 Å². The number of amides is 1. The van der Waals surface area contributed by atoms with E-state index < -0.39 is 11.5 Å². The van der Waals surface area contributed by atoms with Crippen molar-refractivity contribution in [3.63, 3.8) is 0 Å². The van der Waals surface area contributed by atoms with Crippen molar-refractivity contribution >= 4 is 23.6 Å². The molecule has 2 unspecified atom stereocenters. The van der Waals surface area contributed by atoms with E-state index in [9.17, 15) is 14.7 Å². The van der Waals surface area contributed by atoms with Gasteiger partial charge in [-0.05, 0) is 11.6 Å². The smallest absolute Gasteiger partial charge is 0.331 e. The quantitative estimate of drug-likeness (QED) is 0.877. The Morgan fingerprint density at radius 1 is 1.40 bits per heavy atom. The van der Waals surface area contributed by atoms with Gasteiger partial charge in [-0.1, -0.05) is 18.2 Å². The molecule has 1 aromatic rings. The van der Waals surface area contributed by atoms with Gasteiger partial charge in [0, 0.05) is 23.7 Å². The van der Waals surface area contributed by atoms with Crippen LogP contribution >= 0.6 is 11.8 Å². The molecule has 2 aliphatic heterocycles. The Morgan fingerprint density at radius 2 is 2.20 bits per heavy atom. The van der Waals surface area contributed by atoms with Crippen LogP contribution in [0.5, 0.6) is 0 Å². The highest BCUT2D eigenvalue weighted by molar-refractivity contribution is 7.99. The first-order valence-corrected chi connectivity index (χ1v) is 7.46. The zero-order chi connectivity index (χ0) is 14.2. The second-order valence-electron chi connectivity index (χ2n) is 5.08. The van der Waals surface area contributed by atoms with Crippen LogP contribution in [0.4, 0.5) is 0 Å². The second-order valence-corrected chi connectivity index (χ2v) is 6.14. The predicted molar refractivity (Wildman–Crippen MR) is 73.9 cm³/mol. The topological polar surface area (TPSA) is 75.6 Å². The molecule has 0 aromatic heterocycles. The molecule has 2 N–H and O–H groups in total.